The normalized spacial score (nSPS) is 13.4. The number of rotatable bonds is 64. The van der Waals surface area contributed by atoms with Gasteiger partial charge in [0.2, 0.25) is 35.4 Å². The SMILES string of the molecule is Cc1ccc(F)c(NC(=O)Nc2ccc(-c3cccc4c3c(N)nn4C(=O)CCCCCNC(=O)C[C@H](N)CCC(=O)C[C@@H](CCC(=O)N[C@@H](CCC(=O)C[C@@H](CCC(=O)N[C@@H](CCC(=O)C[C@@H](CCC(=O)N[C@@H](CCC(=O)C[C@@H](CCC(=O)N[C@@H](CCC(=O)C[C@@H](CCC(=O)O)C(=O)O)C(=O)O)C(=O)O)C(=O)O)C(=O)O)C(=O)O)C(=O)O)C(=O)O)C(=O)O)cc2)c1. The van der Waals surface area contributed by atoms with Gasteiger partial charge in [-0.15, -0.1) is 5.10 Å². The number of fused-ring (bicyclic) bond motifs is 1. The number of nitrogens with two attached hydrogens (primary N) is 2. The second-order valence-corrected chi connectivity index (χ2v) is 30.7. The third kappa shape index (κ3) is 39.3. The molecular formula is C83H106FN11O32. The van der Waals surface area contributed by atoms with Crippen LogP contribution in [0.15, 0.2) is 60.7 Å². The Labute approximate surface area is 723 Å². The van der Waals surface area contributed by atoms with Crippen LogP contribution in [0, 0.1) is 42.3 Å². The number of ketones is 5. The summed E-state index contributed by atoms with van der Waals surface area (Å²) in [5.74, 6) is -32.4. The topological polar surface area (TPSA) is 732 Å². The van der Waals surface area contributed by atoms with Crippen molar-refractivity contribution in [2.24, 2.45) is 35.3 Å². The number of anilines is 3. The maximum Gasteiger partial charge on any atom is 0.326 e. The molecule has 0 spiro atoms. The van der Waals surface area contributed by atoms with E-state index in [-0.39, 0.29) is 56.1 Å². The zero-order valence-electron chi connectivity index (χ0n) is 69.3. The number of carboxylic acid groups (broad SMARTS) is 10. The number of hydrogen-bond acceptors (Lipinski definition) is 25. The highest BCUT2D eigenvalue weighted by Crippen LogP contribution is 2.34. The van der Waals surface area contributed by atoms with Crippen LogP contribution in [0.1, 0.15) is 203 Å². The van der Waals surface area contributed by atoms with Crippen molar-refractivity contribution in [2.45, 2.75) is 230 Å². The van der Waals surface area contributed by atoms with Gasteiger partial charge in [-0.05, 0) is 131 Å². The Hall–Kier alpha value is -13.8. The van der Waals surface area contributed by atoms with Crippen LogP contribution in [-0.4, -0.2) is 228 Å². The van der Waals surface area contributed by atoms with Crippen LogP contribution in [0.4, 0.5) is 26.4 Å². The highest BCUT2D eigenvalue weighted by molar-refractivity contribution is 6.06. The van der Waals surface area contributed by atoms with Crippen molar-refractivity contribution in [1.82, 2.24) is 36.4 Å². The lowest BCUT2D eigenvalue weighted by Gasteiger charge is -2.18. The summed E-state index contributed by atoms with van der Waals surface area (Å²) in [4.78, 5) is 273. The second-order valence-electron chi connectivity index (χ2n) is 30.7. The van der Waals surface area contributed by atoms with Crippen LogP contribution in [0.2, 0.25) is 0 Å². The minimum absolute atomic E-state index is 0.0123. The number of benzene rings is 3. The van der Waals surface area contributed by atoms with Crippen LogP contribution >= 0.6 is 0 Å². The average Bonchev–Trinajstić information content (AvgIpc) is 1.62. The lowest BCUT2D eigenvalue weighted by Crippen LogP contribution is -2.41. The van der Waals surface area contributed by atoms with Crippen molar-refractivity contribution in [2.75, 3.05) is 22.9 Å². The van der Waals surface area contributed by atoms with Crippen LogP contribution in [0.3, 0.4) is 0 Å². The number of nitrogen functional groups attached to an aromatic ring is 1. The van der Waals surface area contributed by atoms with E-state index >= 15 is 0 Å². The molecule has 0 aliphatic rings. The molecule has 127 heavy (non-hydrogen) atoms. The van der Waals surface area contributed by atoms with Gasteiger partial charge < -0.3 is 99.8 Å². The number of carboxylic acids is 10. The molecule has 0 aliphatic carbocycles. The monoisotopic (exact) mass is 1790 g/mol. The summed E-state index contributed by atoms with van der Waals surface area (Å²) >= 11 is 0. The number of carbonyl (C=O) groups is 22. The fraction of sp³-hybridized carbons (Fsp3) is 0.506. The van der Waals surface area contributed by atoms with E-state index < -0.39 is 331 Å². The Bertz CT molecular complexity index is 4700. The first kappa shape index (κ1) is 106. The van der Waals surface area contributed by atoms with Crippen molar-refractivity contribution < 1.29 is 161 Å². The summed E-state index contributed by atoms with van der Waals surface area (Å²) < 4.78 is 15.4. The van der Waals surface area contributed by atoms with Crippen molar-refractivity contribution in [3.8, 4) is 11.1 Å². The molecule has 7 amide bonds. The van der Waals surface area contributed by atoms with Gasteiger partial charge in [-0.2, -0.15) is 4.68 Å². The number of halogens is 1. The standard InChI is InChI=1S/C83H106FN11O32/c1-43-9-25-58(84)63(36-43)93-83(127)88-51-18-10-44(11-19-51)57-6-5-7-64-72(57)73(86)94-95(64)70(106)8-3-2-4-35-87-69(105)42-50(85)17-20-52(96)37-45(74(109)110)12-30-65(101)89-59(79(119)120)26-21-53(97)38-46(75(111)112)13-31-66(102)90-60(80(121)122)27-22-54(98)39-47(76(113)114)14-32-67(103)91-61(81(123)124)28-23-55(99)40-48(77(115)116)15-33-68(104)92-62(82(125)126)29-24-56(100)41-49(78(117)118)16-34-71(107)108/h5-7,9-11,18-19,25,36,45-50,59-62H,2-4,8,12-17,20-24,26-35,37-42,85H2,1H3,(H2,86,94)(H,87,105)(H,89,101)(H,90,102)(H,91,103)(H,92,104)(H,107,108)(H,109,110)(H,111,112)(H,113,114)(H,115,116)(H,117,118)(H,119,120)(H,121,122)(H,123,124)(H,125,126)(H2,88,93,127)/t45-,46-,47-,48-,49-,50-,59+,60+,61+,62+/m1/s1. The molecule has 4 rings (SSSR count). The number of aromatic nitrogens is 2. The maximum absolute atomic E-state index is 14.2. The number of aryl methyl sites for hydroxylation is 1. The molecule has 0 fully saturated rings. The number of amides is 7. The van der Waals surface area contributed by atoms with Gasteiger partial charge >= 0.3 is 65.7 Å². The summed E-state index contributed by atoms with van der Waals surface area (Å²) in [6, 6.07) is 7.85. The first-order chi connectivity index (χ1) is 59.8. The number of urea groups is 1. The van der Waals surface area contributed by atoms with Crippen molar-refractivity contribution in [3.63, 3.8) is 0 Å². The molecule has 1 aromatic heterocycles. The molecule has 44 heteroatoms. The minimum atomic E-state index is -1.81. The number of nitrogens with one attached hydrogen (secondary N) is 7. The molecule has 692 valence electrons. The average molecular weight is 1790 g/mol. The van der Waals surface area contributed by atoms with E-state index in [0.29, 0.717) is 47.0 Å². The Morgan fingerprint density at radius 2 is 0.764 bits per heavy atom. The summed E-state index contributed by atoms with van der Waals surface area (Å²) in [5, 5.41) is 118. The van der Waals surface area contributed by atoms with Gasteiger partial charge in [0.05, 0.1) is 46.2 Å². The Morgan fingerprint density at radius 1 is 0.394 bits per heavy atom. The minimum Gasteiger partial charge on any atom is -0.481 e. The quantitative estimate of drug-likeness (QED) is 0.0262. The fourth-order valence-electron chi connectivity index (χ4n) is 13.3. The molecule has 43 nitrogen and oxygen atoms in total. The molecule has 0 radical (unpaired) electrons. The Balaban J connectivity index is 1.12. The van der Waals surface area contributed by atoms with Gasteiger partial charge in [0.25, 0.3) is 0 Å². The van der Waals surface area contributed by atoms with Crippen LogP contribution in [0.5, 0.6) is 0 Å². The van der Waals surface area contributed by atoms with E-state index in [1.54, 1.807) is 55.5 Å². The van der Waals surface area contributed by atoms with Crippen molar-refractivity contribution >= 4 is 158 Å². The molecule has 0 unspecified atom stereocenters. The summed E-state index contributed by atoms with van der Waals surface area (Å²) in [6.07, 6.45) is -13.0. The highest BCUT2D eigenvalue weighted by atomic mass is 19.1. The van der Waals surface area contributed by atoms with Gasteiger partial charge in [-0.3, -0.25) is 81.5 Å². The van der Waals surface area contributed by atoms with Crippen LogP contribution in [0.25, 0.3) is 22.0 Å². The number of nitrogens with zero attached hydrogens (tertiary/aromatic N) is 2. The predicted octanol–water partition coefficient (Wildman–Crippen LogP) is 4.88. The van der Waals surface area contributed by atoms with Crippen LogP contribution in [-0.2, 0) is 95.9 Å². The molecule has 0 aliphatic heterocycles. The molecule has 1 heterocycles. The zero-order valence-corrected chi connectivity index (χ0v) is 69.3. The number of carbonyl (C=O) groups excluding carboxylic acids is 12. The molecule has 21 N–H and O–H groups in total. The summed E-state index contributed by atoms with van der Waals surface area (Å²) in [6.45, 7) is 2.00. The molecule has 0 saturated carbocycles. The molecule has 0 bridgehead atoms. The predicted molar refractivity (Wildman–Crippen MR) is 440 cm³/mol. The van der Waals surface area contributed by atoms with Crippen molar-refractivity contribution in [3.05, 3.63) is 72.0 Å². The lowest BCUT2D eigenvalue weighted by atomic mass is 9.93. The number of hydrogen-bond donors (Lipinski definition) is 19. The van der Waals surface area contributed by atoms with E-state index in [2.05, 4.69) is 42.3 Å². The fourth-order valence-corrected chi connectivity index (χ4v) is 13.3. The maximum atomic E-state index is 14.2. The summed E-state index contributed by atoms with van der Waals surface area (Å²) in [7, 11) is 0. The van der Waals surface area contributed by atoms with Crippen molar-refractivity contribution in [1.29, 1.82) is 0 Å². The number of aliphatic carboxylic acids is 10. The van der Waals surface area contributed by atoms with Gasteiger partial charge in [0, 0.05) is 127 Å². The molecule has 0 saturated heterocycles. The number of Topliss-reactive ketones (excluding diaryl/α,β-unsaturated/α-hetero) is 5. The van der Waals surface area contributed by atoms with Crippen LogP contribution < -0.4 is 48.7 Å². The third-order valence-electron chi connectivity index (χ3n) is 20.5. The lowest BCUT2D eigenvalue weighted by molar-refractivity contribution is -0.146. The van der Waals surface area contributed by atoms with Gasteiger partial charge in [-0.25, -0.2) is 28.4 Å². The van der Waals surface area contributed by atoms with E-state index in [9.17, 15) is 156 Å². The molecule has 3 aromatic carbocycles. The highest BCUT2D eigenvalue weighted by Gasteiger charge is 2.34. The second kappa shape index (κ2) is 53.4. The summed E-state index contributed by atoms with van der Waals surface area (Å²) in [5.41, 5.74) is 15.5. The van der Waals surface area contributed by atoms with Gasteiger partial charge in [0.1, 0.15) is 58.9 Å². The Morgan fingerprint density at radius 3 is 1.13 bits per heavy atom. The van der Waals surface area contributed by atoms with E-state index in [1.165, 1.54) is 16.8 Å². The largest absolute Gasteiger partial charge is 0.481 e. The Kier molecular flexibility index (Phi) is 44.3. The third-order valence-corrected chi connectivity index (χ3v) is 20.5. The molecule has 4 aromatic rings. The number of unbranched alkanes of at least 4 members (excludes halogenated alkanes) is 2. The zero-order chi connectivity index (χ0) is 94.9. The van der Waals surface area contributed by atoms with Gasteiger partial charge in [0.15, 0.2) is 5.82 Å². The van der Waals surface area contributed by atoms with E-state index in [4.69, 9.17) is 16.6 Å². The van der Waals surface area contributed by atoms with E-state index in [1.807, 2.05) is 0 Å². The molecular weight excluding hydrogens is 1680 g/mol. The smallest absolute Gasteiger partial charge is 0.326 e. The first-order valence-corrected chi connectivity index (χ1v) is 40.6. The van der Waals surface area contributed by atoms with Gasteiger partial charge in [-0.1, -0.05) is 36.8 Å². The first-order valence-electron chi connectivity index (χ1n) is 40.6. The van der Waals surface area contributed by atoms with E-state index in [0.717, 1.165) is 5.56 Å². The molecule has 10 atom stereocenters.